The molecular formula is C15H23N3O2S. The van der Waals surface area contributed by atoms with Crippen LogP contribution in [0.2, 0.25) is 0 Å². The molecule has 2 aromatic rings. The molecule has 1 unspecified atom stereocenters. The van der Waals surface area contributed by atoms with E-state index in [-0.39, 0.29) is 17.4 Å². The zero-order chi connectivity index (χ0) is 15.8. The highest BCUT2D eigenvalue weighted by Gasteiger charge is 2.22. The number of nitrogens with zero attached hydrogens (tertiary/aromatic N) is 2. The molecule has 0 aliphatic rings. The number of aryl methyl sites for hydroxylation is 2. The van der Waals surface area contributed by atoms with Crippen LogP contribution in [0.4, 0.5) is 0 Å². The molecule has 21 heavy (non-hydrogen) atoms. The van der Waals surface area contributed by atoms with Crippen LogP contribution in [-0.2, 0) is 7.05 Å². The number of fused-ring (bicyclic) bond motifs is 1. The summed E-state index contributed by atoms with van der Waals surface area (Å²) in [6.07, 6.45) is 0.290. The molecule has 0 aromatic carbocycles. The second kappa shape index (κ2) is 5.77. The van der Waals surface area contributed by atoms with Crippen molar-refractivity contribution in [2.75, 3.05) is 6.54 Å². The summed E-state index contributed by atoms with van der Waals surface area (Å²) in [5, 5.41) is 17.8. The maximum absolute atomic E-state index is 12.3. The van der Waals surface area contributed by atoms with E-state index < -0.39 is 0 Å². The Morgan fingerprint density at radius 1 is 1.57 bits per heavy atom. The number of aromatic nitrogens is 2. The van der Waals surface area contributed by atoms with E-state index in [0.717, 1.165) is 15.9 Å². The largest absolute Gasteiger partial charge is 0.393 e. The molecule has 0 saturated carbocycles. The maximum atomic E-state index is 12.3. The predicted octanol–water partition coefficient (Wildman–Crippen LogP) is 2.47. The molecule has 6 heteroatoms. The standard InChI is InChI=1S/C15H23N3O2S/c1-9(19)7-15(3,4)8-16-13(20)12-6-11-10(2)17-18(5)14(11)21-12/h6,9,19H,7-8H2,1-5H3,(H,16,20). The van der Waals surface area contributed by atoms with E-state index in [2.05, 4.69) is 10.4 Å². The monoisotopic (exact) mass is 309 g/mol. The topological polar surface area (TPSA) is 67.2 Å². The Balaban J connectivity index is 2.07. The van der Waals surface area contributed by atoms with Crippen LogP contribution in [0.25, 0.3) is 10.2 Å². The van der Waals surface area contributed by atoms with Gasteiger partial charge < -0.3 is 10.4 Å². The van der Waals surface area contributed by atoms with Gasteiger partial charge in [0.1, 0.15) is 4.83 Å². The van der Waals surface area contributed by atoms with Crippen molar-refractivity contribution in [3.63, 3.8) is 0 Å². The molecule has 0 saturated heterocycles. The molecule has 2 N–H and O–H groups in total. The summed E-state index contributed by atoms with van der Waals surface area (Å²) in [6.45, 7) is 8.34. The van der Waals surface area contributed by atoms with Crippen LogP contribution in [0.5, 0.6) is 0 Å². The highest BCUT2D eigenvalue weighted by Crippen LogP contribution is 2.28. The predicted molar refractivity (Wildman–Crippen MR) is 85.7 cm³/mol. The van der Waals surface area contributed by atoms with E-state index in [4.69, 9.17) is 0 Å². The van der Waals surface area contributed by atoms with Crippen molar-refractivity contribution < 1.29 is 9.90 Å². The second-order valence-corrected chi connectivity index (χ2v) is 7.47. The van der Waals surface area contributed by atoms with Crippen molar-refractivity contribution in [2.45, 2.75) is 40.2 Å². The van der Waals surface area contributed by atoms with E-state index in [1.807, 2.05) is 38.6 Å². The number of thiophene rings is 1. The van der Waals surface area contributed by atoms with E-state index in [1.54, 1.807) is 6.92 Å². The highest BCUT2D eigenvalue weighted by atomic mass is 32.1. The Morgan fingerprint density at radius 2 is 2.24 bits per heavy atom. The Bertz CT molecular complexity index is 621. The molecule has 0 bridgehead atoms. The smallest absolute Gasteiger partial charge is 0.261 e. The fourth-order valence-electron chi connectivity index (χ4n) is 2.60. The van der Waals surface area contributed by atoms with Crippen molar-refractivity contribution in [3.05, 3.63) is 16.6 Å². The SMILES string of the molecule is Cc1nn(C)c2sc(C(=O)NCC(C)(C)CC(C)O)cc12. The van der Waals surface area contributed by atoms with Crippen LogP contribution in [0, 0.1) is 12.3 Å². The first-order valence-corrected chi connectivity index (χ1v) is 7.91. The lowest BCUT2D eigenvalue weighted by Gasteiger charge is -2.26. The van der Waals surface area contributed by atoms with E-state index in [9.17, 15) is 9.90 Å². The number of hydrogen-bond acceptors (Lipinski definition) is 4. The summed E-state index contributed by atoms with van der Waals surface area (Å²) in [7, 11) is 1.89. The lowest BCUT2D eigenvalue weighted by atomic mass is 9.87. The van der Waals surface area contributed by atoms with Crippen LogP contribution in [-0.4, -0.2) is 33.4 Å². The van der Waals surface area contributed by atoms with Gasteiger partial charge in [-0.2, -0.15) is 5.10 Å². The van der Waals surface area contributed by atoms with Gasteiger partial charge in [-0.05, 0) is 31.7 Å². The van der Waals surface area contributed by atoms with Gasteiger partial charge in [0.2, 0.25) is 0 Å². The Hall–Kier alpha value is -1.40. The van der Waals surface area contributed by atoms with Crippen molar-refractivity contribution in [3.8, 4) is 0 Å². The first kappa shape index (κ1) is 16.0. The molecule has 0 aliphatic heterocycles. The highest BCUT2D eigenvalue weighted by molar-refractivity contribution is 7.20. The molecule has 2 rings (SSSR count). The molecule has 0 spiro atoms. The number of carbonyl (C=O) groups excluding carboxylic acids is 1. The second-order valence-electron chi connectivity index (χ2n) is 6.44. The van der Waals surface area contributed by atoms with Crippen LogP contribution in [0.1, 0.15) is 42.6 Å². The van der Waals surface area contributed by atoms with Gasteiger partial charge in [0, 0.05) is 19.0 Å². The van der Waals surface area contributed by atoms with Gasteiger partial charge in [0.15, 0.2) is 0 Å². The number of aliphatic hydroxyl groups excluding tert-OH is 1. The van der Waals surface area contributed by atoms with Crippen molar-refractivity contribution >= 4 is 27.5 Å². The normalized spacial score (nSPS) is 13.6. The van der Waals surface area contributed by atoms with Gasteiger partial charge >= 0.3 is 0 Å². The quantitative estimate of drug-likeness (QED) is 0.891. The van der Waals surface area contributed by atoms with Crippen LogP contribution in [0.3, 0.4) is 0 Å². The average molecular weight is 309 g/mol. The fraction of sp³-hybridized carbons (Fsp3) is 0.600. The average Bonchev–Trinajstić information content (AvgIpc) is 2.88. The molecule has 1 atom stereocenters. The summed E-state index contributed by atoms with van der Waals surface area (Å²) < 4.78 is 1.81. The first-order chi connectivity index (χ1) is 9.69. The van der Waals surface area contributed by atoms with Crippen molar-refractivity contribution in [1.82, 2.24) is 15.1 Å². The minimum absolute atomic E-state index is 0.0609. The minimum Gasteiger partial charge on any atom is -0.393 e. The van der Waals surface area contributed by atoms with Crippen LogP contribution in [0.15, 0.2) is 6.07 Å². The Kier molecular flexibility index (Phi) is 4.39. The van der Waals surface area contributed by atoms with Gasteiger partial charge in [-0.25, -0.2) is 0 Å². The zero-order valence-electron chi connectivity index (χ0n) is 13.2. The summed E-state index contributed by atoms with van der Waals surface area (Å²) in [6, 6.07) is 1.90. The number of nitrogens with one attached hydrogen (secondary N) is 1. The number of amides is 1. The number of carbonyl (C=O) groups is 1. The lowest BCUT2D eigenvalue weighted by Crippen LogP contribution is -2.35. The Morgan fingerprint density at radius 3 is 2.81 bits per heavy atom. The molecule has 1 amide bonds. The lowest BCUT2D eigenvalue weighted by molar-refractivity contribution is 0.0906. The van der Waals surface area contributed by atoms with Gasteiger partial charge in [-0.15, -0.1) is 11.3 Å². The minimum atomic E-state index is -0.366. The summed E-state index contributed by atoms with van der Waals surface area (Å²) in [4.78, 5) is 14.0. The molecular weight excluding hydrogens is 286 g/mol. The molecule has 116 valence electrons. The maximum Gasteiger partial charge on any atom is 0.261 e. The molecule has 5 nitrogen and oxygen atoms in total. The number of hydrogen-bond donors (Lipinski definition) is 2. The zero-order valence-corrected chi connectivity index (χ0v) is 14.0. The van der Waals surface area contributed by atoms with E-state index in [1.165, 1.54) is 11.3 Å². The number of aliphatic hydroxyl groups is 1. The molecule has 2 heterocycles. The summed E-state index contributed by atoms with van der Waals surface area (Å²) >= 11 is 1.46. The van der Waals surface area contributed by atoms with E-state index >= 15 is 0 Å². The van der Waals surface area contributed by atoms with Gasteiger partial charge in [0.25, 0.3) is 5.91 Å². The van der Waals surface area contributed by atoms with Crippen molar-refractivity contribution in [2.24, 2.45) is 12.5 Å². The third-order valence-electron chi connectivity index (χ3n) is 3.50. The summed E-state index contributed by atoms with van der Waals surface area (Å²) in [5.74, 6) is -0.0609. The molecule has 0 aliphatic carbocycles. The third kappa shape index (κ3) is 3.63. The molecule has 0 radical (unpaired) electrons. The Labute approximate surface area is 129 Å². The molecule has 2 aromatic heterocycles. The van der Waals surface area contributed by atoms with Gasteiger partial charge in [-0.1, -0.05) is 13.8 Å². The van der Waals surface area contributed by atoms with Crippen LogP contribution >= 0.6 is 11.3 Å². The molecule has 0 fully saturated rings. The number of rotatable bonds is 5. The van der Waals surface area contributed by atoms with Gasteiger partial charge in [0.05, 0.1) is 16.7 Å². The van der Waals surface area contributed by atoms with Gasteiger partial charge in [-0.3, -0.25) is 9.48 Å². The van der Waals surface area contributed by atoms with E-state index in [0.29, 0.717) is 17.8 Å². The van der Waals surface area contributed by atoms with Crippen LogP contribution < -0.4 is 5.32 Å². The summed E-state index contributed by atoms with van der Waals surface area (Å²) in [5.41, 5.74) is 0.815. The van der Waals surface area contributed by atoms with Crippen molar-refractivity contribution in [1.29, 1.82) is 0 Å². The fourth-order valence-corrected chi connectivity index (χ4v) is 3.64. The third-order valence-corrected chi connectivity index (χ3v) is 4.70. The first-order valence-electron chi connectivity index (χ1n) is 7.09.